The van der Waals surface area contributed by atoms with Crippen molar-refractivity contribution in [1.29, 1.82) is 0 Å². The van der Waals surface area contributed by atoms with Gasteiger partial charge in [0, 0.05) is 23.9 Å². The lowest BCUT2D eigenvalue weighted by Crippen LogP contribution is -2.24. The number of rotatable bonds is 4. The molecular formula is C20H15N5O5. The molecule has 30 heavy (non-hydrogen) atoms. The number of hydrogen-bond donors (Lipinski definition) is 3. The maximum atomic E-state index is 12.8. The van der Waals surface area contributed by atoms with Gasteiger partial charge in [-0.25, -0.2) is 0 Å². The summed E-state index contributed by atoms with van der Waals surface area (Å²) in [7, 11) is 0. The Labute approximate surface area is 169 Å². The maximum Gasteiger partial charge on any atom is 0.271 e. The summed E-state index contributed by atoms with van der Waals surface area (Å²) in [5, 5.41) is 16.5. The number of imide groups is 1. The van der Waals surface area contributed by atoms with E-state index in [1.807, 2.05) is 25.1 Å². The highest BCUT2D eigenvalue weighted by Gasteiger charge is 2.32. The number of pyridine rings is 1. The van der Waals surface area contributed by atoms with Crippen molar-refractivity contribution in [1.82, 2.24) is 9.88 Å². The molecule has 10 nitrogen and oxygen atoms in total. The number of nitro benzene ring substituents is 1. The summed E-state index contributed by atoms with van der Waals surface area (Å²) in [5.74, 6) is -1.74. The predicted molar refractivity (Wildman–Crippen MR) is 109 cm³/mol. The number of amides is 2. The van der Waals surface area contributed by atoms with Crippen LogP contribution in [0.25, 0.3) is 5.69 Å². The fourth-order valence-electron chi connectivity index (χ4n) is 3.33. The fourth-order valence-corrected chi connectivity index (χ4v) is 3.33. The van der Waals surface area contributed by atoms with Crippen molar-refractivity contribution in [3.63, 3.8) is 0 Å². The van der Waals surface area contributed by atoms with Crippen molar-refractivity contribution in [2.45, 2.75) is 6.92 Å². The molecule has 4 N–H and O–H groups in total. The molecule has 1 aliphatic heterocycles. The summed E-state index contributed by atoms with van der Waals surface area (Å²) >= 11 is 0. The van der Waals surface area contributed by atoms with Gasteiger partial charge in [0.2, 0.25) is 0 Å². The summed E-state index contributed by atoms with van der Waals surface area (Å²) in [6.07, 6.45) is 0. The smallest absolute Gasteiger partial charge is 0.271 e. The van der Waals surface area contributed by atoms with E-state index >= 15 is 0 Å². The van der Waals surface area contributed by atoms with Crippen LogP contribution in [0, 0.1) is 17.0 Å². The minimum Gasteiger partial charge on any atom is -0.384 e. The molecule has 2 heterocycles. The van der Waals surface area contributed by atoms with Crippen LogP contribution in [0.5, 0.6) is 0 Å². The monoisotopic (exact) mass is 405 g/mol. The van der Waals surface area contributed by atoms with Crippen LogP contribution in [0.3, 0.4) is 0 Å². The number of benzene rings is 2. The van der Waals surface area contributed by atoms with E-state index in [0.717, 1.165) is 16.2 Å². The minimum absolute atomic E-state index is 0.0724. The average Bonchev–Trinajstić information content (AvgIpc) is 2.96. The molecule has 0 saturated carbocycles. The van der Waals surface area contributed by atoms with Crippen LogP contribution in [0.2, 0.25) is 0 Å². The largest absolute Gasteiger partial charge is 0.384 e. The van der Waals surface area contributed by atoms with Crippen molar-refractivity contribution in [3.8, 4) is 5.69 Å². The molecule has 1 aliphatic rings. The van der Waals surface area contributed by atoms with Gasteiger partial charge in [-0.2, -0.15) is 0 Å². The van der Waals surface area contributed by atoms with Gasteiger partial charge in [-0.15, -0.1) is 0 Å². The number of carbonyl (C=O) groups excluding carboxylic acids is 2. The molecule has 0 unspecified atom stereocenters. The summed E-state index contributed by atoms with van der Waals surface area (Å²) < 4.78 is 0.974. The lowest BCUT2D eigenvalue weighted by atomic mass is 10.1. The van der Waals surface area contributed by atoms with Crippen LogP contribution in [0.15, 0.2) is 53.3 Å². The van der Waals surface area contributed by atoms with E-state index in [4.69, 9.17) is 5.73 Å². The molecule has 0 atom stereocenters. The standard InChI is InChI=1S/C20H15N5O5/c1-10-3-2-4-11(7-10)22-14-6-5-12(25(29)30)8-15(14)24-16(26)9-13-17(18(24)21)20(28)23-19(13)27/h2-9,22H,21H2,1H3,(H,23,27,28). The number of carbonyl (C=O) groups is 2. The second kappa shape index (κ2) is 6.85. The van der Waals surface area contributed by atoms with E-state index in [1.54, 1.807) is 6.07 Å². The molecule has 0 radical (unpaired) electrons. The molecule has 4 rings (SSSR count). The number of anilines is 3. The summed E-state index contributed by atoms with van der Waals surface area (Å²) in [4.78, 5) is 47.5. The third-order valence-corrected chi connectivity index (χ3v) is 4.68. The van der Waals surface area contributed by atoms with Crippen LogP contribution in [0.4, 0.5) is 22.9 Å². The number of nitrogens with zero attached hydrogens (tertiary/aromatic N) is 2. The van der Waals surface area contributed by atoms with Gasteiger partial charge in [0.15, 0.2) is 0 Å². The van der Waals surface area contributed by atoms with E-state index in [1.165, 1.54) is 18.2 Å². The molecule has 1 aromatic heterocycles. The van der Waals surface area contributed by atoms with Gasteiger partial charge in [0.1, 0.15) is 5.82 Å². The number of aryl methyl sites for hydroxylation is 1. The summed E-state index contributed by atoms with van der Waals surface area (Å²) in [6, 6.07) is 12.3. The Morgan fingerprint density at radius 3 is 2.53 bits per heavy atom. The highest BCUT2D eigenvalue weighted by Crippen LogP contribution is 2.31. The molecule has 0 aliphatic carbocycles. The molecule has 0 saturated heterocycles. The van der Waals surface area contributed by atoms with Crippen LogP contribution < -0.4 is 21.9 Å². The molecule has 2 aromatic carbocycles. The van der Waals surface area contributed by atoms with Crippen molar-refractivity contribution in [3.05, 3.63) is 85.7 Å². The molecule has 0 fully saturated rings. The Balaban J connectivity index is 1.96. The molecule has 2 amide bonds. The van der Waals surface area contributed by atoms with Gasteiger partial charge in [-0.05, 0) is 30.7 Å². The normalized spacial score (nSPS) is 12.4. The fraction of sp³-hybridized carbons (Fsp3) is 0.0500. The van der Waals surface area contributed by atoms with E-state index in [-0.39, 0.29) is 28.3 Å². The number of nitro groups is 1. The van der Waals surface area contributed by atoms with Gasteiger partial charge in [-0.3, -0.25) is 34.4 Å². The van der Waals surface area contributed by atoms with Crippen LogP contribution in [-0.2, 0) is 0 Å². The number of aromatic nitrogens is 1. The highest BCUT2D eigenvalue weighted by molar-refractivity contribution is 6.23. The third kappa shape index (κ3) is 3.05. The highest BCUT2D eigenvalue weighted by atomic mass is 16.6. The Morgan fingerprint density at radius 2 is 1.83 bits per heavy atom. The number of nitrogens with one attached hydrogen (secondary N) is 2. The SMILES string of the molecule is Cc1cccc(Nc2ccc([N+](=O)[O-])cc2-n2c(N)c3c(cc2=O)C(=O)NC3=O)c1. The number of non-ortho nitro benzene ring substituents is 1. The van der Waals surface area contributed by atoms with E-state index in [2.05, 4.69) is 10.6 Å². The first-order chi connectivity index (χ1) is 14.3. The lowest BCUT2D eigenvalue weighted by Gasteiger charge is -2.17. The maximum absolute atomic E-state index is 12.8. The van der Waals surface area contributed by atoms with Gasteiger partial charge >= 0.3 is 0 Å². The first kappa shape index (κ1) is 18.9. The Morgan fingerprint density at radius 1 is 1.07 bits per heavy atom. The van der Waals surface area contributed by atoms with Gasteiger partial charge < -0.3 is 11.1 Å². The number of nitrogen functional groups attached to an aromatic ring is 1. The quantitative estimate of drug-likeness (QED) is 0.342. The number of fused-ring (bicyclic) bond motifs is 1. The minimum atomic E-state index is -0.736. The third-order valence-electron chi connectivity index (χ3n) is 4.68. The molecule has 3 aromatic rings. The first-order valence-electron chi connectivity index (χ1n) is 8.80. The molecule has 0 bridgehead atoms. The Hall–Kier alpha value is -4.47. The summed E-state index contributed by atoms with van der Waals surface area (Å²) in [5.41, 5.74) is 6.93. The van der Waals surface area contributed by atoms with E-state index in [9.17, 15) is 24.5 Å². The zero-order valence-electron chi connectivity index (χ0n) is 15.6. The van der Waals surface area contributed by atoms with Gasteiger partial charge in [0.25, 0.3) is 23.1 Å². The topological polar surface area (TPSA) is 149 Å². The average molecular weight is 405 g/mol. The van der Waals surface area contributed by atoms with Crippen molar-refractivity contribution in [2.24, 2.45) is 0 Å². The van der Waals surface area contributed by atoms with Gasteiger partial charge in [0.05, 0.1) is 27.4 Å². The Kier molecular flexibility index (Phi) is 4.31. The number of hydrogen-bond acceptors (Lipinski definition) is 7. The van der Waals surface area contributed by atoms with E-state index in [0.29, 0.717) is 11.4 Å². The zero-order chi connectivity index (χ0) is 21.6. The van der Waals surface area contributed by atoms with Crippen LogP contribution in [-0.4, -0.2) is 21.3 Å². The number of nitrogens with two attached hydrogens (primary N) is 1. The second-order valence-corrected chi connectivity index (χ2v) is 6.73. The first-order valence-corrected chi connectivity index (χ1v) is 8.80. The van der Waals surface area contributed by atoms with E-state index < -0.39 is 22.3 Å². The molecular weight excluding hydrogens is 390 g/mol. The van der Waals surface area contributed by atoms with Gasteiger partial charge in [-0.1, -0.05) is 12.1 Å². The predicted octanol–water partition coefficient (Wildman–Crippen LogP) is 2.26. The van der Waals surface area contributed by atoms with Crippen molar-refractivity contribution in [2.75, 3.05) is 11.1 Å². The van der Waals surface area contributed by atoms with Crippen molar-refractivity contribution < 1.29 is 14.5 Å². The summed E-state index contributed by atoms with van der Waals surface area (Å²) in [6.45, 7) is 1.90. The second-order valence-electron chi connectivity index (χ2n) is 6.73. The molecule has 0 spiro atoms. The Bertz CT molecular complexity index is 1310. The van der Waals surface area contributed by atoms with Crippen LogP contribution in [0.1, 0.15) is 26.3 Å². The molecule has 150 valence electrons. The lowest BCUT2D eigenvalue weighted by molar-refractivity contribution is -0.384. The zero-order valence-corrected chi connectivity index (χ0v) is 15.6. The molecule has 10 heteroatoms. The van der Waals surface area contributed by atoms with Crippen molar-refractivity contribution >= 4 is 34.7 Å². The van der Waals surface area contributed by atoms with Crippen LogP contribution >= 0.6 is 0 Å².